The van der Waals surface area contributed by atoms with E-state index in [0.717, 1.165) is 44.0 Å². The molecule has 0 aromatic carbocycles. The Morgan fingerprint density at radius 3 is 2.89 bits per heavy atom. The van der Waals surface area contributed by atoms with Gasteiger partial charge in [0.15, 0.2) is 0 Å². The summed E-state index contributed by atoms with van der Waals surface area (Å²) >= 11 is 0. The predicted molar refractivity (Wildman–Crippen MR) is 83.7 cm³/mol. The first kappa shape index (κ1) is 15.7. The van der Waals surface area contributed by atoms with Crippen LogP contribution in [0.25, 0.3) is 0 Å². The summed E-state index contributed by atoms with van der Waals surface area (Å²) in [5, 5.41) is 3.44. The van der Waals surface area contributed by atoms with Crippen molar-refractivity contribution in [1.29, 1.82) is 0 Å². The molecule has 0 spiro atoms. The third kappa shape index (κ3) is 5.88. The molecule has 1 N–H and O–H groups in total. The molecule has 0 saturated heterocycles. The third-order valence-electron chi connectivity index (χ3n) is 3.05. The van der Waals surface area contributed by atoms with Crippen molar-refractivity contribution in [2.24, 2.45) is 0 Å². The second-order valence-corrected chi connectivity index (χ2v) is 5.00. The molecule has 3 heteroatoms. The SMILES string of the molecule is C=CCCCN(C)c1cc(CNCCC)cc(C)n1. The van der Waals surface area contributed by atoms with E-state index < -0.39 is 0 Å². The van der Waals surface area contributed by atoms with E-state index in [-0.39, 0.29) is 0 Å². The second-order valence-electron chi connectivity index (χ2n) is 5.00. The van der Waals surface area contributed by atoms with Crippen molar-refractivity contribution in [2.45, 2.75) is 39.7 Å². The lowest BCUT2D eigenvalue weighted by Gasteiger charge is -2.19. The van der Waals surface area contributed by atoms with Crippen LogP contribution in [0.1, 0.15) is 37.4 Å². The average Bonchev–Trinajstić information content (AvgIpc) is 2.38. The van der Waals surface area contributed by atoms with E-state index in [4.69, 9.17) is 0 Å². The van der Waals surface area contributed by atoms with Crippen molar-refractivity contribution >= 4 is 5.82 Å². The van der Waals surface area contributed by atoms with Gasteiger partial charge in [-0.15, -0.1) is 6.58 Å². The number of aryl methyl sites for hydroxylation is 1. The topological polar surface area (TPSA) is 28.2 Å². The van der Waals surface area contributed by atoms with Gasteiger partial charge in [-0.1, -0.05) is 13.0 Å². The molecule has 0 aliphatic heterocycles. The number of nitrogens with one attached hydrogen (secondary N) is 1. The molecule has 3 nitrogen and oxygen atoms in total. The van der Waals surface area contributed by atoms with Gasteiger partial charge in [-0.25, -0.2) is 4.98 Å². The predicted octanol–water partition coefficient (Wildman–Crippen LogP) is 3.29. The Kier molecular flexibility index (Phi) is 7.19. The minimum Gasteiger partial charge on any atom is -0.360 e. The fourth-order valence-electron chi connectivity index (χ4n) is 2.02. The number of unbranched alkanes of at least 4 members (excludes halogenated alkanes) is 1. The minimum absolute atomic E-state index is 0.921. The highest BCUT2D eigenvalue weighted by Gasteiger charge is 2.05. The fraction of sp³-hybridized carbons (Fsp3) is 0.562. The smallest absolute Gasteiger partial charge is 0.128 e. The Hall–Kier alpha value is -1.35. The highest BCUT2D eigenvalue weighted by atomic mass is 15.2. The highest BCUT2D eigenvalue weighted by Crippen LogP contribution is 2.14. The maximum atomic E-state index is 4.61. The van der Waals surface area contributed by atoms with Crippen LogP contribution in [0.3, 0.4) is 0 Å². The number of hydrogen-bond acceptors (Lipinski definition) is 3. The van der Waals surface area contributed by atoms with Crippen LogP contribution in [-0.2, 0) is 6.54 Å². The first-order valence-electron chi connectivity index (χ1n) is 7.17. The zero-order valence-corrected chi connectivity index (χ0v) is 12.6. The Balaban J connectivity index is 2.63. The molecular weight excluding hydrogens is 234 g/mol. The van der Waals surface area contributed by atoms with Crippen molar-refractivity contribution in [3.8, 4) is 0 Å². The normalized spacial score (nSPS) is 10.5. The van der Waals surface area contributed by atoms with Gasteiger partial charge >= 0.3 is 0 Å². The molecule has 0 aliphatic carbocycles. The van der Waals surface area contributed by atoms with Crippen molar-refractivity contribution < 1.29 is 0 Å². The summed E-state index contributed by atoms with van der Waals surface area (Å²) in [5.41, 5.74) is 2.40. The molecule has 0 fully saturated rings. The average molecular weight is 261 g/mol. The van der Waals surface area contributed by atoms with Crippen molar-refractivity contribution in [2.75, 3.05) is 25.0 Å². The molecule has 0 radical (unpaired) electrons. The molecule has 1 heterocycles. The molecule has 1 rings (SSSR count). The van der Waals surface area contributed by atoms with Crippen molar-refractivity contribution in [3.63, 3.8) is 0 Å². The third-order valence-corrected chi connectivity index (χ3v) is 3.05. The van der Waals surface area contributed by atoms with Crippen LogP contribution in [0.4, 0.5) is 5.82 Å². The van der Waals surface area contributed by atoms with Crippen molar-refractivity contribution in [1.82, 2.24) is 10.3 Å². The van der Waals surface area contributed by atoms with Gasteiger partial charge in [-0.2, -0.15) is 0 Å². The lowest BCUT2D eigenvalue weighted by Crippen LogP contribution is -2.21. The van der Waals surface area contributed by atoms with E-state index in [1.807, 2.05) is 6.08 Å². The lowest BCUT2D eigenvalue weighted by atomic mass is 10.2. The largest absolute Gasteiger partial charge is 0.360 e. The Labute approximate surface area is 117 Å². The molecule has 0 amide bonds. The molecule has 1 aromatic rings. The maximum absolute atomic E-state index is 4.61. The van der Waals surface area contributed by atoms with E-state index in [1.165, 1.54) is 12.0 Å². The molecule has 0 saturated carbocycles. The summed E-state index contributed by atoms with van der Waals surface area (Å²) in [5.74, 6) is 1.07. The monoisotopic (exact) mass is 261 g/mol. The Morgan fingerprint density at radius 2 is 2.21 bits per heavy atom. The first-order chi connectivity index (χ1) is 9.17. The number of anilines is 1. The highest BCUT2D eigenvalue weighted by molar-refractivity contribution is 5.41. The fourth-order valence-corrected chi connectivity index (χ4v) is 2.02. The van der Waals surface area contributed by atoms with Crippen LogP contribution >= 0.6 is 0 Å². The number of pyridine rings is 1. The molecule has 1 aromatic heterocycles. The number of nitrogens with zero attached hydrogens (tertiary/aromatic N) is 2. The summed E-state index contributed by atoms with van der Waals surface area (Å²) < 4.78 is 0. The number of rotatable bonds is 9. The van der Waals surface area contributed by atoms with Crippen LogP contribution in [-0.4, -0.2) is 25.1 Å². The summed E-state index contributed by atoms with van der Waals surface area (Å²) in [6.07, 6.45) is 5.32. The maximum Gasteiger partial charge on any atom is 0.128 e. The summed E-state index contributed by atoms with van der Waals surface area (Å²) in [6.45, 7) is 11.0. The summed E-state index contributed by atoms with van der Waals surface area (Å²) in [7, 11) is 2.11. The standard InChI is InChI=1S/C16H27N3/c1-5-7-8-10-19(4)16-12-15(11-14(3)18-16)13-17-9-6-2/h5,11-12,17H,1,6-10,13H2,2-4H3. The van der Waals surface area contributed by atoms with Crippen LogP contribution < -0.4 is 10.2 Å². The Morgan fingerprint density at radius 1 is 1.42 bits per heavy atom. The number of hydrogen-bond donors (Lipinski definition) is 1. The van der Waals surface area contributed by atoms with Gasteiger partial charge in [0, 0.05) is 25.8 Å². The first-order valence-corrected chi connectivity index (χ1v) is 7.17. The van der Waals surface area contributed by atoms with E-state index in [2.05, 4.69) is 54.8 Å². The minimum atomic E-state index is 0.921. The molecular formula is C16H27N3. The second kappa shape index (κ2) is 8.70. The van der Waals surface area contributed by atoms with Gasteiger partial charge < -0.3 is 10.2 Å². The Bertz CT molecular complexity index is 388. The van der Waals surface area contributed by atoms with Gasteiger partial charge in [0.25, 0.3) is 0 Å². The molecule has 0 atom stereocenters. The van der Waals surface area contributed by atoms with Crippen LogP contribution in [0.2, 0.25) is 0 Å². The van der Waals surface area contributed by atoms with Crippen LogP contribution in [0.15, 0.2) is 24.8 Å². The molecule has 106 valence electrons. The van der Waals surface area contributed by atoms with Crippen molar-refractivity contribution in [3.05, 3.63) is 36.0 Å². The van der Waals surface area contributed by atoms with Crippen LogP contribution in [0.5, 0.6) is 0 Å². The summed E-state index contributed by atoms with van der Waals surface area (Å²) in [6, 6.07) is 4.34. The molecule has 0 bridgehead atoms. The quantitative estimate of drug-likeness (QED) is 0.546. The molecule has 0 aliphatic rings. The van der Waals surface area contributed by atoms with Gasteiger partial charge in [0.2, 0.25) is 0 Å². The summed E-state index contributed by atoms with van der Waals surface area (Å²) in [4.78, 5) is 6.84. The molecule has 0 unspecified atom stereocenters. The van der Waals surface area contributed by atoms with Gasteiger partial charge in [0.1, 0.15) is 5.82 Å². The van der Waals surface area contributed by atoms with E-state index in [0.29, 0.717) is 0 Å². The van der Waals surface area contributed by atoms with Gasteiger partial charge in [-0.05, 0) is 50.4 Å². The van der Waals surface area contributed by atoms with E-state index in [1.54, 1.807) is 0 Å². The van der Waals surface area contributed by atoms with E-state index in [9.17, 15) is 0 Å². The molecule has 19 heavy (non-hydrogen) atoms. The zero-order chi connectivity index (χ0) is 14.1. The number of allylic oxidation sites excluding steroid dienone is 1. The zero-order valence-electron chi connectivity index (χ0n) is 12.6. The number of aromatic nitrogens is 1. The van der Waals surface area contributed by atoms with Crippen LogP contribution in [0, 0.1) is 6.92 Å². The van der Waals surface area contributed by atoms with Gasteiger partial charge in [-0.3, -0.25) is 0 Å². The van der Waals surface area contributed by atoms with E-state index >= 15 is 0 Å². The lowest BCUT2D eigenvalue weighted by molar-refractivity contribution is 0.674. The van der Waals surface area contributed by atoms with Gasteiger partial charge in [0.05, 0.1) is 0 Å².